The number of thioether (sulfide) groups is 1. The first kappa shape index (κ1) is 26.0. The second kappa shape index (κ2) is 11.8. The highest BCUT2D eigenvalue weighted by atomic mass is 79.9. The number of ether oxygens (including phenoxy) is 2. The predicted molar refractivity (Wildman–Crippen MR) is 147 cm³/mol. The van der Waals surface area contributed by atoms with Crippen molar-refractivity contribution in [3.63, 3.8) is 0 Å². The molecular formula is C26H20Br2N2O5S. The molecule has 10 heteroatoms. The van der Waals surface area contributed by atoms with Crippen molar-refractivity contribution in [1.29, 1.82) is 0 Å². The molecule has 1 aliphatic heterocycles. The van der Waals surface area contributed by atoms with Gasteiger partial charge < -0.3 is 14.8 Å². The highest BCUT2D eigenvalue weighted by Crippen LogP contribution is 2.35. The van der Waals surface area contributed by atoms with Crippen LogP contribution in [-0.4, -0.2) is 35.6 Å². The van der Waals surface area contributed by atoms with E-state index in [0.717, 1.165) is 26.7 Å². The summed E-state index contributed by atoms with van der Waals surface area (Å²) in [6, 6.07) is 20.1. The number of para-hydroxylation sites is 1. The molecule has 0 radical (unpaired) electrons. The van der Waals surface area contributed by atoms with Gasteiger partial charge in [-0.25, -0.2) is 0 Å². The number of nitrogens with zero attached hydrogens (tertiary/aromatic N) is 1. The zero-order valence-corrected chi connectivity index (χ0v) is 23.0. The third kappa shape index (κ3) is 6.37. The molecule has 0 bridgehead atoms. The molecule has 1 saturated heterocycles. The minimum Gasteiger partial charge on any atom is -0.493 e. The lowest BCUT2D eigenvalue weighted by Crippen LogP contribution is -2.36. The van der Waals surface area contributed by atoms with Crippen molar-refractivity contribution >= 4 is 72.4 Å². The Balaban J connectivity index is 1.43. The molecule has 184 valence electrons. The zero-order valence-electron chi connectivity index (χ0n) is 19.0. The number of nitrogens with one attached hydrogen (secondary N) is 1. The van der Waals surface area contributed by atoms with Gasteiger partial charge in [0.2, 0.25) is 5.91 Å². The van der Waals surface area contributed by atoms with Crippen LogP contribution in [0.15, 0.2) is 80.6 Å². The molecule has 36 heavy (non-hydrogen) atoms. The Kier molecular flexibility index (Phi) is 8.50. The largest absolute Gasteiger partial charge is 0.493 e. The number of benzene rings is 3. The summed E-state index contributed by atoms with van der Waals surface area (Å²) in [5, 5.41) is 2.19. The van der Waals surface area contributed by atoms with Crippen LogP contribution in [0.25, 0.3) is 6.08 Å². The maximum absolute atomic E-state index is 12.8. The van der Waals surface area contributed by atoms with E-state index in [0.29, 0.717) is 33.8 Å². The fourth-order valence-corrected chi connectivity index (χ4v) is 4.81. The number of hydrogen-bond acceptors (Lipinski definition) is 6. The minimum absolute atomic E-state index is 0.222. The lowest BCUT2D eigenvalue weighted by atomic mass is 10.1. The van der Waals surface area contributed by atoms with Gasteiger partial charge >= 0.3 is 0 Å². The van der Waals surface area contributed by atoms with Gasteiger partial charge in [0.1, 0.15) is 13.2 Å². The first-order valence-corrected chi connectivity index (χ1v) is 13.1. The predicted octanol–water partition coefficient (Wildman–Crippen LogP) is 6.47. The van der Waals surface area contributed by atoms with Gasteiger partial charge in [0.25, 0.3) is 11.1 Å². The molecule has 1 N–H and O–H groups in total. The summed E-state index contributed by atoms with van der Waals surface area (Å²) in [5.74, 6) is 0.0449. The lowest BCUT2D eigenvalue weighted by Gasteiger charge is -2.13. The van der Waals surface area contributed by atoms with Crippen molar-refractivity contribution in [2.45, 2.75) is 6.61 Å². The van der Waals surface area contributed by atoms with Gasteiger partial charge in [0.05, 0.1) is 17.7 Å². The summed E-state index contributed by atoms with van der Waals surface area (Å²) >= 11 is 7.55. The molecule has 3 amide bonds. The molecule has 7 nitrogen and oxygen atoms in total. The number of hydrogen-bond donors (Lipinski definition) is 1. The highest BCUT2D eigenvalue weighted by molar-refractivity contribution is 9.10. The van der Waals surface area contributed by atoms with Crippen LogP contribution >= 0.6 is 43.6 Å². The second-order valence-corrected chi connectivity index (χ2v) is 10.4. The van der Waals surface area contributed by atoms with Gasteiger partial charge in [0.15, 0.2) is 11.5 Å². The van der Waals surface area contributed by atoms with Gasteiger partial charge in [-0.1, -0.05) is 46.3 Å². The molecule has 0 aliphatic carbocycles. The maximum atomic E-state index is 12.8. The SMILES string of the molecule is COc1cc(/C=C2\SC(=O)N(CC(=O)Nc3ccccc3Br)C2=O)ccc1OCc1ccc(Br)cc1. The van der Waals surface area contributed by atoms with E-state index in [9.17, 15) is 14.4 Å². The topological polar surface area (TPSA) is 84.9 Å². The lowest BCUT2D eigenvalue weighted by molar-refractivity contribution is -0.127. The highest BCUT2D eigenvalue weighted by Gasteiger charge is 2.36. The number of anilines is 1. The summed E-state index contributed by atoms with van der Waals surface area (Å²) in [7, 11) is 1.53. The van der Waals surface area contributed by atoms with Crippen LogP contribution in [0.1, 0.15) is 11.1 Å². The summed E-state index contributed by atoms with van der Waals surface area (Å²) in [4.78, 5) is 38.9. The van der Waals surface area contributed by atoms with Gasteiger partial charge in [-0.2, -0.15) is 0 Å². The molecule has 1 fully saturated rings. The van der Waals surface area contributed by atoms with Crippen molar-refractivity contribution in [1.82, 2.24) is 4.90 Å². The number of methoxy groups -OCH3 is 1. The van der Waals surface area contributed by atoms with Crippen LogP contribution in [0.2, 0.25) is 0 Å². The summed E-state index contributed by atoms with van der Waals surface area (Å²) in [6.45, 7) is -0.0149. The van der Waals surface area contributed by atoms with Crippen LogP contribution in [0.5, 0.6) is 11.5 Å². The van der Waals surface area contributed by atoms with E-state index in [4.69, 9.17) is 9.47 Å². The molecule has 0 atom stereocenters. The first-order valence-electron chi connectivity index (χ1n) is 10.7. The Hall–Kier alpha value is -3.08. The van der Waals surface area contributed by atoms with E-state index in [-0.39, 0.29) is 11.4 Å². The van der Waals surface area contributed by atoms with E-state index in [2.05, 4.69) is 37.2 Å². The van der Waals surface area contributed by atoms with E-state index in [1.165, 1.54) is 7.11 Å². The third-order valence-electron chi connectivity index (χ3n) is 5.12. The quantitative estimate of drug-likeness (QED) is 0.287. The maximum Gasteiger partial charge on any atom is 0.294 e. The van der Waals surface area contributed by atoms with Crippen molar-refractivity contribution in [3.05, 3.63) is 91.7 Å². The van der Waals surface area contributed by atoms with Gasteiger partial charge in [0, 0.05) is 8.95 Å². The van der Waals surface area contributed by atoms with Crippen LogP contribution < -0.4 is 14.8 Å². The number of amides is 3. The Labute approximate surface area is 229 Å². The van der Waals surface area contributed by atoms with Crippen LogP contribution in [-0.2, 0) is 16.2 Å². The molecule has 3 aromatic rings. The zero-order chi connectivity index (χ0) is 25.7. The van der Waals surface area contributed by atoms with E-state index in [1.54, 1.807) is 42.5 Å². The molecule has 1 heterocycles. The summed E-state index contributed by atoms with van der Waals surface area (Å²) in [5.41, 5.74) is 2.22. The fourth-order valence-electron chi connectivity index (χ4n) is 3.32. The normalized spacial score (nSPS) is 14.3. The van der Waals surface area contributed by atoms with Gasteiger partial charge in [-0.05, 0) is 81.3 Å². The van der Waals surface area contributed by atoms with Crippen LogP contribution in [0.3, 0.4) is 0 Å². The number of imide groups is 1. The van der Waals surface area contributed by atoms with Crippen molar-refractivity contribution in [3.8, 4) is 11.5 Å². The van der Waals surface area contributed by atoms with Gasteiger partial charge in [-0.3, -0.25) is 19.3 Å². The average molecular weight is 632 g/mol. The molecule has 0 spiro atoms. The summed E-state index contributed by atoms with van der Waals surface area (Å²) in [6.07, 6.45) is 1.59. The Morgan fingerprint density at radius 1 is 1.03 bits per heavy atom. The van der Waals surface area contributed by atoms with Crippen LogP contribution in [0, 0.1) is 0 Å². The van der Waals surface area contributed by atoms with Crippen molar-refractivity contribution < 1.29 is 23.9 Å². The Morgan fingerprint density at radius 3 is 2.50 bits per heavy atom. The Morgan fingerprint density at radius 2 is 1.78 bits per heavy atom. The first-order chi connectivity index (χ1) is 17.3. The van der Waals surface area contributed by atoms with Crippen molar-refractivity contribution in [2.75, 3.05) is 19.0 Å². The molecular weight excluding hydrogens is 612 g/mol. The molecule has 1 aliphatic rings. The standard InChI is InChI=1S/C26H20Br2N2O5S/c1-34-22-12-17(8-11-21(22)35-15-16-6-9-18(27)10-7-16)13-23-25(32)30(26(33)36-23)14-24(31)29-20-5-3-2-4-19(20)28/h2-13H,14-15H2,1H3,(H,29,31)/b23-13-. The fraction of sp³-hybridized carbons (Fsp3) is 0.115. The molecule has 0 saturated carbocycles. The van der Waals surface area contributed by atoms with E-state index >= 15 is 0 Å². The Bertz CT molecular complexity index is 1340. The summed E-state index contributed by atoms with van der Waals surface area (Å²) < 4.78 is 13.0. The number of carbonyl (C=O) groups excluding carboxylic acids is 3. The average Bonchev–Trinajstić information content (AvgIpc) is 3.12. The molecule has 4 rings (SSSR count). The minimum atomic E-state index is -0.526. The van der Waals surface area contributed by atoms with E-state index < -0.39 is 17.1 Å². The smallest absolute Gasteiger partial charge is 0.294 e. The van der Waals surface area contributed by atoms with Crippen LogP contribution in [0.4, 0.5) is 10.5 Å². The third-order valence-corrected chi connectivity index (χ3v) is 7.24. The van der Waals surface area contributed by atoms with E-state index in [1.807, 2.05) is 30.3 Å². The monoisotopic (exact) mass is 630 g/mol. The number of carbonyl (C=O) groups is 3. The molecule has 0 unspecified atom stereocenters. The molecule has 0 aromatic heterocycles. The van der Waals surface area contributed by atoms with Crippen molar-refractivity contribution in [2.24, 2.45) is 0 Å². The number of halogens is 2. The second-order valence-electron chi connectivity index (χ2n) is 7.62. The molecule has 3 aromatic carbocycles. The number of rotatable bonds is 8. The van der Waals surface area contributed by atoms with Gasteiger partial charge in [-0.15, -0.1) is 0 Å².